The molecule has 0 aliphatic heterocycles. The molecule has 0 saturated heterocycles. The van der Waals surface area contributed by atoms with Gasteiger partial charge in [-0.3, -0.25) is 0 Å². The maximum Gasteiger partial charge on any atom is 0.105 e. The third-order valence-corrected chi connectivity index (χ3v) is 2.31. The summed E-state index contributed by atoms with van der Waals surface area (Å²) in [5.41, 5.74) is 1.25. The fourth-order valence-corrected chi connectivity index (χ4v) is 1.39. The number of rotatable bonds is 7. The van der Waals surface area contributed by atoms with Gasteiger partial charge < -0.3 is 15.1 Å². The van der Waals surface area contributed by atoms with E-state index in [4.69, 9.17) is 4.42 Å². The monoisotopic (exact) mass is 210 g/mol. The molecule has 1 aromatic heterocycles. The number of hydrogen-bond donors (Lipinski definition) is 2. The van der Waals surface area contributed by atoms with Crippen molar-refractivity contribution in [1.29, 1.82) is 0 Å². The Morgan fingerprint density at radius 3 is 2.60 bits per heavy atom. The van der Waals surface area contributed by atoms with Crippen molar-refractivity contribution < 1.29 is 4.42 Å². The maximum absolute atomic E-state index is 5.22. The molecule has 3 heteroatoms. The van der Waals surface area contributed by atoms with Gasteiger partial charge in [-0.2, -0.15) is 0 Å². The molecule has 1 heterocycles. The van der Waals surface area contributed by atoms with Crippen molar-refractivity contribution in [2.24, 2.45) is 5.92 Å². The van der Waals surface area contributed by atoms with Crippen LogP contribution in [0, 0.1) is 12.8 Å². The molecule has 15 heavy (non-hydrogen) atoms. The van der Waals surface area contributed by atoms with Crippen molar-refractivity contribution in [3.63, 3.8) is 0 Å². The molecule has 1 aromatic rings. The highest BCUT2D eigenvalue weighted by atomic mass is 16.3. The molecule has 0 aromatic carbocycles. The molecule has 3 nitrogen and oxygen atoms in total. The Hall–Kier alpha value is -0.800. The summed E-state index contributed by atoms with van der Waals surface area (Å²) in [5.74, 6) is 1.73. The van der Waals surface area contributed by atoms with Gasteiger partial charge in [0, 0.05) is 25.2 Å². The molecule has 0 atom stereocenters. The van der Waals surface area contributed by atoms with Gasteiger partial charge in [-0.15, -0.1) is 0 Å². The Morgan fingerprint density at radius 1 is 1.27 bits per heavy atom. The minimum Gasteiger partial charge on any atom is -0.469 e. The molecule has 1 rings (SSSR count). The van der Waals surface area contributed by atoms with Crippen molar-refractivity contribution >= 4 is 0 Å². The van der Waals surface area contributed by atoms with E-state index < -0.39 is 0 Å². The maximum atomic E-state index is 5.22. The summed E-state index contributed by atoms with van der Waals surface area (Å²) in [5, 5.41) is 6.77. The number of aryl methyl sites for hydroxylation is 1. The van der Waals surface area contributed by atoms with E-state index in [9.17, 15) is 0 Å². The van der Waals surface area contributed by atoms with Gasteiger partial charge in [0.25, 0.3) is 0 Å². The Balaban J connectivity index is 2.00. The highest BCUT2D eigenvalue weighted by Gasteiger charge is 1.99. The molecule has 0 aliphatic carbocycles. The molecule has 0 saturated carbocycles. The SMILES string of the molecule is Cc1occc1CNCCNCC(C)C. The van der Waals surface area contributed by atoms with Crippen LogP contribution in [-0.4, -0.2) is 19.6 Å². The second-order valence-electron chi connectivity index (χ2n) is 4.28. The van der Waals surface area contributed by atoms with Gasteiger partial charge in [-0.05, 0) is 25.5 Å². The lowest BCUT2D eigenvalue weighted by Gasteiger charge is -2.07. The van der Waals surface area contributed by atoms with Crippen LogP contribution in [0.15, 0.2) is 16.7 Å². The van der Waals surface area contributed by atoms with E-state index >= 15 is 0 Å². The third-order valence-electron chi connectivity index (χ3n) is 2.31. The first-order valence-corrected chi connectivity index (χ1v) is 5.64. The lowest BCUT2D eigenvalue weighted by molar-refractivity contribution is 0.519. The summed E-state index contributed by atoms with van der Waals surface area (Å²) in [6.45, 7) is 10.4. The molecular weight excluding hydrogens is 188 g/mol. The van der Waals surface area contributed by atoms with Gasteiger partial charge in [-0.1, -0.05) is 13.8 Å². The molecule has 0 radical (unpaired) electrons. The Labute approximate surface area is 92.2 Å². The zero-order valence-corrected chi connectivity index (χ0v) is 9.97. The Kier molecular flexibility index (Phi) is 5.43. The van der Waals surface area contributed by atoms with Gasteiger partial charge in [-0.25, -0.2) is 0 Å². The van der Waals surface area contributed by atoms with E-state index in [2.05, 4.69) is 24.5 Å². The predicted octanol–water partition coefficient (Wildman–Crippen LogP) is 1.92. The summed E-state index contributed by atoms with van der Waals surface area (Å²) in [6, 6.07) is 2.02. The summed E-state index contributed by atoms with van der Waals surface area (Å²) in [6.07, 6.45) is 1.74. The highest BCUT2D eigenvalue weighted by molar-refractivity contribution is 5.14. The molecule has 2 N–H and O–H groups in total. The van der Waals surface area contributed by atoms with Crippen molar-refractivity contribution in [2.75, 3.05) is 19.6 Å². The normalized spacial score (nSPS) is 11.2. The topological polar surface area (TPSA) is 37.2 Å². The second-order valence-corrected chi connectivity index (χ2v) is 4.28. The zero-order chi connectivity index (χ0) is 11.1. The van der Waals surface area contributed by atoms with Crippen LogP contribution in [0.3, 0.4) is 0 Å². The standard InChI is InChI=1S/C12H22N2O/c1-10(2)8-13-5-6-14-9-12-4-7-15-11(12)3/h4,7,10,13-14H,5-6,8-9H2,1-3H3. The van der Waals surface area contributed by atoms with Crippen LogP contribution in [0.5, 0.6) is 0 Å². The van der Waals surface area contributed by atoms with Crippen molar-refractivity contribution in [3.05, 3.63) is 23.7 Å². The second kappa shape index (κ2) is 6.64. The van der Waals surface area contributed by atoms with Gasteiger partial charge >= 0.3 is 0 Å². The van der Waals surface area contributed by atoms with E-state index in [0.29, 0.717) is 0 Å². The Bertz CT molecular complexity index is 268. The van der Waals surface area contributed by atoms with Crippen LogP contribution in [0.4, 0.5) is 0 Å². The van der Waals surface area contributed by atoms with E-state index in [1.807, 2.05) is 13.0 Å². The average molecular weight is 210 g/mol. The smallest absolute Gasteiger partial charge is 0.105 e. The molecule has 0 aliphatic rings. The molecule has 0 bridgehead atoms. The van der Waals surface area contributed by atoms with Gasteiger partial charge in [0.15, 0.2) is 0 Å². The summed E-state index contributed by atoms with van der Waals surface area (Å²) in [7, 11) is 0. The first-order valence-electron chi connectivity index (χ1n) is 5.64. The molecule has 0 spiro atoms. The van der Waals surface area contributed by atoms with Gasteiger partial charge in [0.05, 0.1) is 6.26 Å². The molecular formula is C12H22N2O. The average Bonchev–Trinajstić information content (AvgIpc) is 2.57. The minimum absolute atomic E-state index is 0.723. The molecule has 0 fully saturated rings. The van der Waals surface area contributed by atoms with E-state index in [1.165, 1.54) is 5.56 Å². The highest BCUT2D eigenvalue weighted by Crippen LogP contribution is 2.07. The van der Waals surface area contributed by atoms with Crippen molar-refractivity contribution in [2.45, 2.75) is 27.3 Å². The third kappa shape index (κ3) is 5.00. The van der Waals surface area contributed by atoms with E-state index in [-0.39, 0.29) is 0 Å². The van der Waals surface area contributed by atoms with E-state index in [0.717, 1.165) is 37.9 Å². The van der Waals surface area contributed by atoms with Crippen LogP contribution in [0.2, 0.25) is 0 Å². The lowest BCUT2D eigenvalue weighted by Crippen LogP contribution is -2.29. The van der Waals surface area contributed by atoms with Crippen LogP contribution in [0.1, 0.15) is 25.2 Å². The largest absolute Gasteiger partial charge is 0.469 e. The van der Waals surface area contributed by atoms with Crippen LogP contribution >= 0.6 is 0 Å². The number of nitrogens with one attached hydrogen (secondary N) is 2. The van der Waals surface area contributed by atoms with Gasteiger partial charge in [0.2, 0.25) is 0 Å². The summed E-state index contributed by atoms with van der Waals surface area (Å²) in [4.78, 5) is 0. The van der Waals surface area contributed by atoms with Crippen LogP contribution in [-0.2, 0) is 6.54 Å². The van der Waals surface area contributed by atoms with Crippen LogP contribution in [0.25, 0.3) is 0 Å². The lowest BCUT2D eigenvalue weighted by atomic mass is 10.2. The molecule has 0 unspecified atom stereocenters. The van der Waals surface area contributed by atoms with Crippen molar-refractivity contribution in [3.8, 4) is 0 Å². The Morgan fingerprint density at radius 2 is 2.00 bits per heavy atom. The fraction of sp³-hybridized carbons (Fsp3) is 0.667. The number of hydrogen-bond acceptors (Lipinski definition) is 3. The van der Waals surface area contributed by atoms with E-state index in [1.54, 1.807) is 6.26 Å². The molecule has 86 valence electrons. The fourth-order valence-electron chi connectivity index (χ4n) is 1.39. The quantitative estimate of drug-likeness (QED) is 0.675. The summed E-state index contributed by atoms with van der Waals surface area (Å²) >= 11 is 0. The molecule has 0 amide bonds. The first kappa shape index (κ1) is 12.3. The van der Waals surface area contributed by atoms with Gasteiger partial charge in [0.1, 0.15) is 5.76 Å². The summed E-state index contributed by atoms with van der Waals surface area (Å²) < 4.78 is 5.22. The zero-order valence-electron chi connectivity index (χ0n) is 9.97. The number of furan rings is 1. The van der Waals surface area contributed by atoms with Crippen LogP contribution < -0.4 is 10.6 Å². The van der Waals surface area contributed by atoms with Crippen molar-refractivity contribution in [1.82, 2.24) is 10.6 Å². The minimum atomic E-state index is 0.723. The first-order chi connectivity index (χ1) is 7.20. The predicted molar refractivity (Wildman–Crippen MR) is 62.9 cm³/mol.